The van der Waals surface area contributed by atoms with Crippen LogP contribution in [0.2, 0.25) is 0 Å². The Hall–Kier alpha value is -2.12. The zero-order valence-electron chi connectivity index (χ0n) is 10.0. The first-order valence-corrected chi connectivity index (χ1v) is 5.42. The molecule has 2 N–H and O–H groups in total. The van der Waals surface area contributed by atoms with Gasteiger partial charge < -0.3 is 24.4 Å². The largest absolute Gasteiger partial charge is 0.467 e. The fraction of sp³-hybridized carbons (Fsp3) is 0.333. The van der Waals surface area contributed by atoms with E-state index >= 15 is 0 Å². The molecule has 0 bridgehead atoms. The van der Waals surface area contributed by atoms with Gasteiger partial charge in [0.15, 0.2) is 29.5 Å². The molecule has 7 nitrogen and oxygen atoms in total. The number of methoxy groups -OCH3 is 1. The van der Waals surface area contributed by atoms with Crippen LogP contribution in [0.5, 0.6) is 11.5 Å². The summed E-state index contributed by atoms with van der Waals surface area (Å²) >= 11 is 0. The number of ketones is 1. The third kappa shape index (κ3) is 2.51. The smallest absolute Gasteiger partial charge is 0.337 e. The van der Waals surface area contributed by atoms with E-state index in [1.54, 1.807) is 0 Å². The number of aliphatic hydroxyl groups is 2. The highest BCUT2D eigenvalue weighted by Crippen LogP contribution is 2.32. The molecule has 7 heteroatoms. The summed E-state index contributed by atoms with van der Waals surface area (Å²) in [4.78, 5) is 22.9. The van der Waals surface area contributed by atoms with Crippen molar-refractivity contribution in [1.29, 1.82) is 0 Å². The van der Waals surface area contributed by atoms with E-state index in [2.05, 4.69) is 4.74 Å². The van der Waals surface area contributed by atoms with Gasteiger partial charge in [-0.15, -0.1) is 0 Å². The molecule has 0 aromatic heterocycles. The summed E-state index contributed by atoms with van der Waals surface area (Å²) in [5, 5.41) is 19.0. The second-order valence-electron chi connectivity index (χ2n) is 3.85. The van der Waals surface area contributed by atoms with Crippen LogP contribution >= 0.6 is 0 Å². The van der Waals surface area contributed by atoms with Crippen molar-refractivity contribution in [2.75, 3.05) is 13.9 Å². The van der Waals surface area contributed by atoms with Crippen LogP contribution in [-0.2, 0) is 9.53 Å². The van der Waals surface area contributed by atoms with E-state index in [1.807, 2.05) is 0 Å². The summed E-state index contributed by atoms with van der Waals surface area (Å²) in [6, 6.07) is 4.29. The number of hydrogen-bond donors (Lipinski definition) is 2. The standard InChI is InChI=1S/C12H12O7/c1-17-12(16)11(15)10(14)9(13)6-2-3-7-8(4-6)19-5-18-7/h2-4,10-11,14-15H,5H2,1H3/t10-,11+/m1/s1. The molecule has 2 rings (SSSR count). The van der Waals surface area contributed by atoms with E-state index in [9.17, 15) is 19.8 Å². The number of esters is 1. The van der Waals surface area contributed by atoms with Crippen LogP contribution in [0, 0.1) is 0 Å². The lowest BCUT2D eigenvalue weighted by molar-refractivity contribution is -0.154. The molecular weight excluding hydrogens is 256 g/mol. The van der Waals surface area contributed by atoms with Crippen molar-refractivity contribution in [3.63, 3.8) is 0 Å². The monoisotopic (exact) mass is 268 g/mol. The lowest BCUT2D eigenvalue weighted by Crippen LogP contribution is -2.40. The molecule has 0 aliphatic carbocycles. The summed E-state index contributed by atoms with van der Waals surface area (Å²) in [5.41, 5.74) is 0.0969. The predicted octanol–water partition coefficient (Wildman–Crippen LogP) is -0.507. The maximum Gasteiger partial charge on any atom is 0.337 e. The molecule has 0 spiro atoms. The highest BCUT2D eigenvalue weighted by Gasteiger charge is 2.32. The highest BCUT2D eigenvalue weighted by molar-refractivity contribution is 6.02. The first-order chi connectivity index (χ1) is 9.04. The van der Waals surface area contributed by atoms with Crippen molar-refractivity contribution in [2.24, 2.45) is 0 Å². The maximum atomic E-state index is 11.9. The van der Waals surface area contributed by atoms with Crippen LogP contribution in [0.4, 0.5) is 0 Å². The van der Waals surface area contributed by atoms with Gasteiger partial charge in [-0.05, 0) is 18.2 Å². The zero-order valence-corrected chi connectivity index (χ0v) is 10.0. The van der Waals surface area contributed by atoms with Gasteiger partial charge in [-0.25, -0.2) is 4.79 Å². The minimum atomic E-state index is -1.93. The molecule has 102 valence electrons. The minimum absolute atomic E-state index is 0.0559. The Morgan fingerprint density at radius 1 is 1.21 bits per heavy atom. The van der Waals surface area contributed by atoms with E-state index < -0.39 is 24.0 Å². The number of ether oxygens (including phenoxy) is 3. The van der Waals surface area contributed by atoms with Crippen LogP contribution in [0.3, 0.4) is 0 Å². The van der Waals surface area contributed by atoms with Crippen molar-refractivity contribution in [3.8, 4) is 11.5 Å². The van der Waals surface area contributed by atoms with Crippen LogP contribution in [0.15, 0.2) is 18.2 Å². The number of hydrogen-bond acceptors (Lipinski definition) is 7. The molecule has 2 atom stereocenters. The van der Waals surface area contributed by atoms with Gasteiger partial charge in [0.05, 0.1) is 7.11 Å². The highest BCUT2D eigenvalue weighted by atomic mass is 16.7. The molecule has 0 saturated heterocycles. The second kappa shape index (κ2) is 5.25. The lowest BCUT2D eigenvalue weighted by Gasteiger charge is -2.14. The summed E-state index contributed by atoms with van der Waals surface area (Å²) < 4.78 is 14.4. The van der Waals surface area contributed by atoms with Gasteiger partial charge in [-0.2, -0.15) is 0 Å². The number of rotatable bonds is 4. The second-order valence-corrected chi connectivity index (χ2v) is 3.85. The molecule has 1 aromatic rings. The summed E-state index contributed by atoms with van der Waals surface area (Å²) in [5.74, 6) is -1.04. The van der Waals surface area contributed by atoms with Crippen LogP contribution in [0.25, 0.3) is 0 Å². The number of aliphatic hydroxyl groups excluding tert-OH is 2. The number of carbonyl (C=O) groups is 2. The third-order valence-corrected chi connectivity index (χ3v) is 2.67. The number of benzene rings is 1. The summed E-state index contributed by atoms with van der Waals surface area (Å²) in [6.45, 7) is 0.0559. The van der Waals surface area contributed by atoms with E-state index in [-0.39, 0.29) is 12.4 Å². The van der Waals surface area contributed by atoms with E-state index in [1.165, 1.54) is 18.2 Å². The quantitative estimate of drug-likeness (QED) is 0.560. The van der Waals surface area contributed by atoms with Gasteiger partial charge in [0.1, 0.15) is 0 Å². The van der Waals surface area contributed by atoms with Gasteiger partial charge in [-0.3, -0.25) is 4.79 Å². The minimum Gasteiger partial charge on any atom is -0.467 e. The third-order valence-electron chi connectivity index (χ3n) is 2.67. The van der Waals surface area contributed by atoms with Gasteiger partial charge in [0.2, 0.25) is 6.79 Å². The van der Waals surface area contributed by atoms with Crippen molar-refractivity contribution in [2.45, 2.75) is 12.2 Å². The van der Waals surface area contributed by atoms with E-state index in [0.29, 0.717) is 11.5 Å². The molecule has 0 saturated carbocycles. The Balaban J connectivity index is 2.17. The van der Waals surface area contributed by atoms with Crippen LogP contribution in [0.1, 0.15) is 10.4 Å². The van der Waals surface area contributed by atoms with Crippen molar-refractivity contribution < 1.29 is 34.0 Å². The average Bonchev–Trinajstić information content (AvgIpc) is 2.91. The summed E-state index contributed by atoms with van der Waals surface area (Å²) in [6.07, 6.45) is -3.82. The molecular formula is C12H12O7. The van der Waals surface area contributed by atoms with Crippen molar-refractivity contribution in [1.82, 2.24) is 0 Å². The molecule has 19 heavy (non-hydrogen) atoms. The molecule has 1 aliphatic heterocycles. The normalized spacial score (nSPS) is 15.7. The Bertz CT molecular complexity index is 511. The average molecular weight is 268 g/mol. The molecule has 0 fully saturated rings. The molecule has 0 unspecified atom stereocenters. The number of carbonyl (C=O) groups excluding carboxylic acids is 2. The Kier molecular flexibility index (Phi) is 3.68. The molecule has 1 heterocycles. The van der Waals surface area contributed by atoms with Gasteiger partial charge in [-0.1, -0.05) is 0 Å². The summed E-state index contributed by atoms with van der Waals surface area (Å²) in [7, 11) is 1.04. The molecule has 1 aliphatic rings. The fourth-order valence-electron chi connectivity index (χ4n) is 1.61. The SMILES string of the molecule is COC(=O)[C@@H](O)[C@H](O)C(=O)c1ccc2c(c1)OCO2. The topological polar surface area (TPSA) is 102 Å². The molecule has 0 amide bonds. The van der Waals surface area contributed by atoms with Gasteiger partial charge in [0, 0.05) is 5.56 Å². The van der Waals surface area contributed by atoms with Gasteiger partial charge >= 0.3 is 5.97 Å². The number of Topliss-reactive ketones (excluding diaryl/α,β-unsaturated/α-hetero) is 1. The van der Waals surface area contributed by atoms with Crippen molar-refractivity contribution >= 4 is 11.8 Å². The first-order valence-electron chi connectivity index (χ1n) is 5.42. The molecule has 1 aromatic carbocycles. The Morgan fingerprint density at radius 3 is 2.58 bits per heavy atom. The Labute approximate surface area is 108 Å². The van der Waals surface area contributed by atoms with Crippen molar-refractivity contribution in [3.05, 3.63) is 23.8 Å². The zero-order chi connectivity index (χ0) is 14.0. The van der Waals surface area contributed by atoms with Gasteiger partial charge in [0.25, 0.3) is 0 Å². The van der Waals surface area contributed by atoms with Crippen LogP contribution in [-0.4, -0.2) is 48.1 Å². The molecule has 0 radical (unpaired) electrons. The van der Waals surface area contributed by atoms with Crippen LogP contribution < -0.4 is 9.47 Å². The first kappa shape index (κ1) is 13.3. The Morgan fingerprint density at radius 2 is 1.89 bits per heavy atom. The maximum absolute atomic E-state index is 11.9. The predicted molar refractivity (Wildman–Crippen MR) is 60.9 cm³/mol. The number of fused-ring (bicyclic) bond motifs is 1. The fourth-order valence-corrected chi connectivity index (χ4v) is 1.61. The van der Waals surface area contributed by atoms with E-state index in [4.69, 9.17) is 9.47 Å². The van der Waals surface area contributed by atoms with E-state index in [0.717, 1.165) is 7.11 Å². The lowest BCUT2D eigenvalue weighted by atomic mass is 10.0.